The smallest absolute Gasteiger partial charge is 0.170 e. The second-order valence-electron chi connectivity index (χ2n) is 3.03. The molecule has 0 aromatic carbocycles. The molecule has 0 unspecified atom stereocenters. The van der Waals surface area contributed by atoms with Crippen LogP contribution in [-0.2, 0) is 0 Å². The molecule has 3 heteroatoms. The zero-order valence-corrected chi connectivity index (χ0v) is 9.93. The van der Waals surface area contributed by atoms with Crippen LogP contribution >= 0.6 is 11.3 Å². The Morgan fingerprint density at radius 2 is 2.00 bits per heavy atom. The SMILES string of the molecule is CC.CC(C)c1nc2ncccc2s1. The molecule has 2 rings (SSSR count). The van der Waals surface area contributed by atoms with Crippen LogP contribution in [0.15, 0.2) is 18.3 Å². The average molecular weight is 208 g/mol. The molecular formula is C11H16N2S. The van der Waals surface area contributed by atoms with E-state index in [9.17, 15) is 0 Å². The monoisotopic (exact) mass is 208 g/mol. The van der Waals surface area contributed by atoms with Gasteiger partial charge in [0, 0.05) is 12.1 Å². The normalized spacial score (nSPS) is 10.1. The number of rotatable bonds is 1. The summed E-state index contributed by atoms with van der Waals surface area (Å²) in [6.45, 7) is 8.30. The van der Waals surface area contributed by atoms with Gasteiger partial charge in [-0.05, 0) is 12.1 Å². The van der Waals surface area contributed by atoms with Crippen molar-refractivity contribution >= 4 is 21.7 Å². The highest BCUT2D eigenvalue weighted by Gasteiger charge is 2.06. The lowest BCUT2D eigenvalue weighted by atomic mass is 10.2. The molecule has 0 bridgehead atoms. The van der Waals surface area contributed by atoms with Crippen molar-refractivity contribution in [1.82, 2.24) is 9.97 Å². The summed E-state index contributed by atoms with van der Waals surface area (Å²) in [6.07, 6.45) is 1.78. The quantitative estimate of drug-likeness (QED) is 0.711. The maximum Gasteiger partial charge on any atom is 0.170 e. The van der Waals surface area contributed by atoms with E-state index in [2.05, 4.69) is 29.9 Å². The molecule has 0 fully saturated rings. The Balaban J connectivity index is 0.000000461. The highest BCUT2D eigenvalue weighted by molar-refractivity contribution is 7.18. The summed E-state index contributed by atoms with van der Waals surface area (Å²) in [7, 11) is 0. The Bertz CT molecular complexity index is 360. The molecule has 76 valence electrons. The van der Waals surface area contributed by atoms with Crippen LogP contribution in [0.25, 0.3) is 10.3 Å². The molecule has 0 aliphatic carbocycles. The summed E-state index contributed by atoms with van der Waals surface area (Å²) < 4.78 is 1.18. The van der Waals surface area contributed by atoms with E-state index in [-0.39, 0.29) is 0 Å². The second-order valence-corrected chi connectivity index (χ2v) is 4.09. The molecule has 0 spiro atoms. The Morgan fingerprint density at radius 3 is 2.57 bits per heavy atom. The van der Waals surface area contributed by atoms with Gasteiger partial charge in [-0.25, -0.2) is 9.97 Å². The first kappa shape index (κ1) is 11.1. The highest BCUT2D eigenvalue weighted by Crippen LogP contribution is 2.25. The maximum atomic E-state index is 4.42. The summed E-state index contributed by atoms with van der Waals surface area (Å²) in [4.78, 5) is 8.60. The number of fused-ring (bicyclic) bond motifs is 1. The van der Waals surface area contributed by atoms with Gasteiger partial charge in [0.2, 0.25) is 0 Å². The van der Waals surface area contributed by atoms with Gasteiger partial charge in [-0.15, -0.1) is 11.3 Å². The van der Waals surface area contributed by atoms with E-state index in [1.54, 1.807) is 17.5 Å². The standard InChI is InChI=1S/C9H10N2S.C2H6/c1-6(2)9-11-8-7(12-9)4-3-5-10-8;1-2/h3-6H,1-2H3;1-2H3. The van der Waals surface area contributed by atoms with E-state index in [1.165, 1.54) is 9.71 Å². The summed E-state index contributed by atoms with van der Waals surface area (Å²) in [6, 6.07) is 4.01. The molecule has 2 aromatic rings. The first-order chi connectivity index (χ1) is 6.77. The number of nitrogens with zero attached hydrogens (tertiary/aromatic N) is 2. The summed E-state index contributed by atoms with van der Waals surface area (Å²) in [5.41, 5.74) is 0.881. The van der Waals surface area contributed by atoms with Crippen molar-refractivity contribution in [2.24, 2.45) is 0 Å². The van der Waals surface area contributed by atoms with E-state index < -0.39 is 0 Å². The van der Waals surface area contributed by atoms with Crippen molar-refractivity contribution in [2.45, 2.75) is 33.6 Å². The number of thiazole rings is 1. The minimum absolute atomic E-state index is 0.504. The lowest BCUT2D eigenvalue weighted by Gasteiger charge is -1.93. The fourth-order valence-electron chi connectivity index (χ4n) is 1.03. The van der Waals surface area contributed by atoms with Crippen LogP contribution in [0.3, 0.4) is 0 Å². The van der Waals surface area contributed by atoms with Crippen molar-refractivity contribution in [3.63, 3.8) is 0 Å². The minimum Gasteiger partial charge on any atom is -0.236 e. The van der Waals surface area contributed by atoms with Crippen LogP contribution in [0.4, 0.5) is 0 Å². The summed E-state index contributed by atoms with van der Waals surface area (Å²) in [5, 5.41) is 1.17. The number of hydrogen-bond acceptors (Lipinski definition) is 3. The average Bonchev–Trinajstić information content (AvgIpc) is 2.64. The van der Waals surface area contributed by atoms with Gasteiger partial charge in [-0.1, -0.05) is 27.7 Å². The van der Waals surface area contributed by atoms with Gasteiger partial charge >= 0.3 is 0 Å². The summed E-state index contributed by atoms with van der Waals surface area (Å²) in [5.74, 6) is 0.504. The summed E-state index contributed by atoms with van der Waals surface area (Å²) >= 11 is 1.73. The van der Waals surface area contributed by atoms with Crippen LogP contribution in [0, 0.1) is 0 Å². The van der Waals surface area contributed by atoms with Crippen LogP contribution in [0.5, 0.6) is 0 Å². The van der Waals surface area contributed by atoms with Crippen molar-refractivity contribution < 1.29 is 0 Å². The van der Waals surface area contributed by atoms with E-state index >= 15 is 0 Å². The molecule has 0 saturated heterocycles. The molecule has 0 aliphatic heterocycles. The van der Waals surface area contributed by atoms with E-state index in [1.807, 2.05) is 19.9 Å². The van der Waals surface area contributed by atoms with Crippen molar-refractivity contribution in [3.8, 4) is 0 Å². The van der Waals surface area contributed by atoms with Crippen molar-refractivity contribution in [1.29, 1.82) is 0 Å². The molecule has 0 atom stereocenters. The fourth-order valence-corrected chi connectivity index (χ4v) is 1.96. The molecule has 0 aliphatic rings. The molecule has 0 saturated carbocycles. The van der Waals surface area contributed by atoms with Crippen LogP contribution in [-0.4, -0.2) is 9.97 Å². The van der Waals surface area contributed by atoms with E-state index in [0.717, 1.165) is 5.65 Å². The first-order valence-corrected chi connectivity index (χ1v) is 5.80. The van der Waals surface area contributed by atoms with Gasteiger partial charge in [0.25, 0.3) is 0 Å². The molecule has 14 heavy (non-hydrogen) atoms. The zero-order chi connectivity index (χ0) is 10.6. The third-order valence-corrected chi connectivity index (χ3v) is 2.99. The molecule has 0 amide bonds. The number of aromatic nitrogens is 2. The predicted molar refractivity (Wildman–Crippen MR) is 62.9 cm³/mol. The van der Waals surface area contributed by atoms with Gasteiger partial charge in [0.1, 0.15) is 0 Å². The molecule has 0 radical (unpaired) electrons. The van der Waals surface area contributed by atoms with Crippen molar-refractivity contribution in [3.05, 3.63) is 23.3 Å². The topological polar surface area (TPSA) is 25.8 Å². The third-order valence-electron chi connectivity index (χ3n) is 1.68. The van der Waals surface area contributed by atoms with E-state index in [4.69, 9.17) is 0 Å². The van der Waals surface area contributed by atoms with Gasteiger partial charge in [0.15, 0.2) is 5.65 Å². The Hall–Kier alpha value is -0.960. The lowest BCUT2D eigenvalue weighted by molar-refractivity contribution is 0.855. The first-order valence-electron chi connectivity index (χ1n) is 4.99. The Labute approximate surface area is 89.0 Å². The highest BCUT2D eigenvalue weighted by atomic mass is 32.1. The fraction of sp³-hybridized carbons (Fsp3) is 0.455. The van der Waals surface area contributed by atoms with Crippen LogP contribution in [0.2, 0.25) is 0 Å². The molecular weight excluding hydrogens is 192 g/mol. The van der Waals surface area contributed by atoms with Gasteiger partial charge < -0.3 is 0 Å². The Morgan fingerprint density at radius 1 is 1.29 bits per heavy atom. The molecule has 2 aromatic heterocycles. The molecule has 0 N–H and O–H groups in total. The van der Waals surface area contributed by atoms with Gasteiger partial charge in [0.05, 0.1) is 9.71 Å². The maximum absolute atomic E-state index is 4.42. The largest absolute Gasteiger partial charge is 0.236 e. The van der Waals surface area contributed by atoms with Crippen LogP contribution < -0.4 is 0 Å². The number of hydrogen-bond donors (Lipinski definition) is 0. The lowest BCUT2D eigenvalue weighted by Crippen LogP contribution is -1.83. The zero-order valence-electron chi connectivity index (χ0n) is 9.11. The Kier molecular flexibility index (Phi) is 4.01. The van der Waals surface area contributed by atoms with Gasteiger partial charge in [-0.2, -0.15) is 0 Å². The number of pyridine rings is 1. The second kappa shape index (κ2) is 5.05. The van der Waals surface area contributed by atoms with E-state index in [0.29, 0.717) is 5.92 Å². The molecule has 2 heterocycles. The third kappa shape index (κ3) is 2.29. The van der Waals surface area contributed by atoms with Crippen LogP contribution in [0.1, 0.15) is 38.6 Å². The van der Waals surface area contributed by atoms with Crippen molar-refractivity contribution in [2.75, 3.05) is 0 Å². The molecule has 2 nitrogen and oxygen atoms in total. The minimum atomic E-state index is 0.504. The predicted octanol–water partition coefficient (Wildman–Crippen LogP) is 3.84. The van der Waals surface area contributed by atoms with Gasteiger partial charge in [-0.3, -0.25) is 0 Å².